The molecule has 2 aromatic heterocycles. The third-order valence-corrected chi connectivity index (χ3v) is 5.30. The summed E-state index contributed by atoms with van der Waals surface area (Å²) < 4.78 is 58.3. The van der Waals surface area contributed by atoms with Crippen LogP contribution in [0.4, 0.5) is 40.8 Å². The van der Waals surface area contributed by atoms with E-state index in [1.54, 1.807) is 24.3 Å². The largest absolute Gasteiger partial charge is 0.479 e. The molecule has 7 nitrogen and oxygen atoms in total. The van der Waals surface area contributed by atoms with Gasteiger partial charge in [0.2, 0.25) is 17.7 Å². The molecule has 11 heteroatoms. The minimum absolute atomic E-state index is 0.0781. The van der Waals surface area contributed by atoms with E-state index in [2.05, 4.69) is 48.3 Å². The highest BCUT2D eigenvalue weighted by Gasteiger charge is 2.17. The summed E-state index contributed by atoms with van der Waals surface area (Å²) in [5.74, 6) is 6.53. The van der Waals surface area contributed by atoms with E-state index in [-0.39, 0.29) is 17.8 Å². The number of aromatic nitrogens is 4. The van der Waals surface area contributed by atoms with Gasteiger partial charge in [-0.1, -0.05) is 17.8 Å². The van der Waals surface area contributed by atoms with E-state index in [9.17, 15) is 17.6 Å². The number of alkyl halides is 2. The molecule has 0 saturated heterocycles. The van der Waals surface area contributed by atoms with Gasteiger partial charge in [-0.3, -0.25) is 0 Å². The summed E-state index contributed by atoms with van der Waals surface area (Å²) in [5, 5.41) is 5.82. The summed E-state index contributed by atoms with van der Waals surface area (Å²) in [6, 6.07) is 8.70. The molecule has 0 amide bonds. The first-order valence-electron chi connectivity index (χ1n) is 11.3. The zero-order chi connectivity index (χ0) is 28.1. The molecule has 0 aliphatic rings. The molecule has 2 aromatic carbocycles. The molecular weight excluding hydrogens is 512 g/mol. The van der Waals surface area contributed by atoms with Gasteiger partial charge >= 0.3 is 0 Å². The summed E-state index contributed by atoms with van der Waals surface area (Å²) >= 11 is 0. The van der Waals surface area contributed by atoms with E-state index < -0.39 is 23.8 Å². The number of rotatable bonds is 6. The van der Waals surface area contributed by atoms with Gasteiger partial charge in [-0.2, -0.15) is 9.37 Å². The molecule has 2 N–H and O–H groups in total. The van der Waals surface area contributed by atoms with Gasteiger partial charge in [0.25, 0.3) is 12.3 Å². The van der Waals surface area contributed by atoms with Crippen molar-refractivity contribution >= 4 is 23.3 Å². The first-order chi connectivity index (χ1) is 18.7. The first-order valence-corrected chi connectivity index (χ1v) is 11.3. The molecule has 4 aromatic rings. The summed E-state index contributed by atoms with van der Waals surface area (Å²) in [5.41, 5.74) is 3.29. The molecular formula is C28H20F4N6O. The Morgan fingerprint density at radius 2 is 1.59 bits per heavy atom. The predicted molar refractivity (Wildman–Crippen MR) is 138 cm³/mol. The zero-order valence-corrected chi connectivity index (χ0v) is 20.9. The van der Waals surface area contributed by atoms with Crippen LogP contribution in [0.3, 0.4) is 0 Å². The minimum Gasteiger partial charge on any atom is -0.479 e. The maximum absolute atomic E-state index is 13.8. The Morgan fingerprint density at radius 1 is 0.872 bits per heavy atom. The molecule has 0 aliphatic heterocycles. The van der Waals surface area contributed by atoms with Crippen LogP contribution in [0, 0.1) is 49.7 Å². The van der Waals surface area contributed by atoms with Crippen molar-refractivity contribution in [2.24, 2.45) is 0 Å². The molecule has 196 valence electrons. The third-order valence-electron chi connectivity index (χ3n) is 5.30. The minimum atomic E-state index is -3.08. The summed E-state index contributed by atoms with van der Waals surface area (Å²) in [4.78, 5) is 15.2. The van der Waals surface area contributed by atoms with Crippen LogP contribution < -0.4 is 15.4 Å². The Bertz CT molecular complexity index is 1660. The fourth-order valence-corrected chi connectivity index (χ4v) is 3.60. The maximum atomic E-state index is 13.8. The van der Waals surface area contributed by atoms with Crippen molar-refractivity contribution in [2.45, 2.75) is 20.3 Å². The van der Waals surface area contributed by atoms with E-state index in [0.29, 0.717) is 34.3 Å². The molecule has 0 atom stereocenters. The Balaban J connectivity index is 1.69. The number of benzene rings is 2. The average molecular weight is 533 g/mol. The molecule has 0 bridgehead atoms. The van der Waals surface area contributed by atoms with Crippen molar-refractivity contribution in [3.8, 4) is 30.1 Å². The number of methoxy groups -OCH3 is 1. The van der Waals surface area contributed by atoms with E-state index in [1.165, 1.54) is 7.11 Å². The Morgan fingerprint density at radius 3 is 2.28 bits per heavy atom. The van der Waals surface area contributed by atoms with Gasteiger partial charge in [-0.25, -0.2) is 28.1 Å². The number of hydrogen-bond acceptors (Lipinski definition) is 7. The molecule has 0 aliphatic carbocycles. The normalized spacial score (nSPS) is 10.4. The molecule has 0 radical (unpaired) electrons. The van der Waals surface area contributed by atoms with Gasteiger partial charge in [0, 0.05) is 16.8 Å². The van der Waals surface area contributed by atoms with Crippen LogP contribution in [0.2, 0.25) is 0 Å². The Kier molecular flexibility index (Phi) is 7.92. The quantitative estimate of drug-likeness (QED) is 0.234. The lowest BCUT2D eigenvalue weighted by Crippen LogP contribution is -2.04. The number of aryl methyl sites for hydroxylation is 2. The van der Waals surface area contributed by atoms with Crippen LogP contribution in [-0.2, 0) is 0 Å². The SMILES string of the molecule is C#Cc1cc(C)c(C#Cc2cc(C)cc(Nc3ncc(F)c(C(F)F)n3)c2)c(Nc2ncc(F)c(OC)n2)c1. The summed E-state index contributed by atoms with van der Waals surface area (Å²) in [6.07, 6.45) is 4.18. The van der Waals surface area contributed by atoms with Gasteiger partial charge in [-0.15, -0.1) is 6.42 Å². The van der Waals surface area contributed by atoms with E-state index in [1.807, 2.05) is 19.9 Å². The van der Waals surface area contributed by atoms with Gasteiger partial charge in [0.15, 0.2) is 5.82 Å². The smallest absolute Gasteiger partial charge is 0.283 e. The number of nitrogens with zero attached hydrogens (tertiary/aromatic N) is 4. The fraction of sp³-hybridized carbons (Fsp3) is 0.143. The lowest BCUT2D eigenvalue weighted by molar-refractivity contribution is 0.140. The van der Waals surface area contributed by atoms with Gasteiger partial charge in [0.05, 0.1) is 30.8 Å². The van der Waals surface area contributed by atoms with Crippen LogP contribution >= 0.6 is 0 Å². The zero-order valence-electron chi connectivity index (χ0n) is 20.9. The van der Waals surface area contributed by atoms with Crippen LogP contribution in [0.15, 0.2) is 42.7 Å². The van der Waals surface area contributed by atoms with Crippen molar-refractivity contribution < 1.29 is 22.3 Å². The van der Waals surface area contributed by atoms with Gasteiger partial charge in [-0.05, 0) is 55.3 Å². The number of ether oxygens (including phenoxy) is 1. The Labute approximate surface area is 221 Å². The van der Waals surface area contributed by atoms with Crippen molar-refractivity contribution in [3.63, 3.8) is 0 Å². The number of terminal acetylenes is 1. The van der Waals surface area contributed by atoms with Crippen LogP contribution in [0.1, 0.15) is 39.9 Å². The predicted octanol–water partition coefficient (Wildman–Crippen LogP) is 5.98. The number of hydrogen-bond donors (Lipinski definition) is 2. The molecule has 0 unspecified atom stereocenters. The monoisotopic (exact) mass is 532 g/mol. The second-order valence-corrected chi connectivity index (χ2v) is 8.23. The highest BCUT2D eigenvalue weighted by Crippen LogP contribution is 2.26. The molecule has 0 saturated carbocycles. The van der Waals surface area contributed by atoms with Crippen molar-refractivity contribution in [2.75, 3.05) is 17.7 Å². The lowest BCUT2D eigenvalue weighted by atomic mass is 10.0. The number of anilines is 4. The van der Waals surface area contributed by atoms with Crippen molar-refractivity contribution in [1.29, 1.82) is 0 Å². The van der Waals surface area contributed by atoms with E-state index >= 15 is 0 Å². The van der Waals surface area contributed by atoms with Crippen LogP contribution in [-0.4, -0.2) is 27.0 Å². The molecule has 2 heterocycles. The second kappa shape index (κ2) is 11.5. The summed E-state index contributed by atoms with van der Waals surface area (Å²) in [6.45, 7) is 3.66. The highest BCUT2D eigenvalue weighted by molar-refractivity contribution is 5.70. The van der Waals surface area contributed by atoms with Gasteiger partial charge in [0.1, 0.15) is 5.69 Å². The third kappa shape index (κ3) is 6.40. The lowest BCUT2D eigenvalue weighted by Gasteiger charge is -2.12. The molecule has 0 fully saturated rings. The average Bonchev–Trinajstić information content (AvgIpc) is 2.89. The topological polar surface area (TPSA) is 84.9 Å². The van der Waals surface area contributed by atoms with Gasteiger partial charge < -0.3 is 15.4 Å². The van der Waals surface area contributed by atoms with Crippen LogP contribution in [0.5, 0.6) is 5.88 Å². The summed E-state index contributed by atoms with van der Waals surface area (Å²) in [7, 11) is 1.29. The molecule has 4 rings (SSSR count). The molecule has 39 heavy (non-hydrogen) atoms. The Hall–Kier alpha value is -5.16. The highest BCUT2D eigenvalue weighted by atomic mass is 19.3. The number of nitrogens with one attached hydrogen (secondary N) is 2. The standard InChI is InChI=1S/C28H20F4N6O/c1-5-17-10-16(3)20(23(12-17)36-28-34-14-22(30)26(38-28)39-4)7-6-18-8-15(2)9-19(11-18)35-27-33-13-21(29)24(37-27)25(31)32/h1,8-14,25H,2-4H3,(H,33,35,37)(H,34,36,38). The van der Waals surface area contributed by atoms with Crippen LogP contribution in [0.25, 0.3) is 0 Å². The molecule has 0 spiro atoms. The second-order valence-electron chi connectivity index (χ2n) is 8.23. The maximum Gasteiger partial charge on any atom is 0.283 e. The fourth-order valence-electron chi connectivity index (χ4n) is 3.60. The first kappa shape index (κ1) is 26.9. The number of halogens is 4. The van der Waals surface area contributed by atoms with E-state index in [0.717, 1.165) is 17.3 Å². The van der Waals surface area contributed by atoms with E-state index in [4.69, 9.17) is 11.2 Å². The van der Waals surface area contributed by atoms with Crippen molar-refractivity contribution in [3.05, 3.63) is 87.9 Å². The van der Waals surface area contributed by atoms with Crippen molar-refractivity contribution in [1.82, 2.24) is 19.9 Å².